The second kappa shape index (κ2) is 12.8. The first-order valence-electron chi connectivity index (χ1n) is 20.5. The summed E-state index contributed by atoms with van der Waals surface area (Å²) in [4.78, 5) is 2.49. The zero-order valence-corrected chi connectivity index (χ0v) is 32.9. The van der Waals surface area contributed by atoms with Crippen LogP contribution in [0.1, 0.15) is 25.0 Å². The van der Waals surface area contributed by atoms with Crippen LogP contribution in [-0.2, 0) is 5.41 Å². The summed E-state index contributed by atoms with van der Waals surface area (Å²) in [6, 6.07) is 73.4. The Bertz CT molecular complexity index is 3490. The lowest BCUT2D eigenvalue weighted by atomic mass is 9.82. The van der Waals surface area contributed by atoms with Crippen LogP contribution in [-0.4, -0.2) is 0 Å². The highest BCUT2D eigenvalue weighted by molar-refractivity contribution is 6.22. The predicted octanol–water partition coefficient (Wildman–Crippen LogP) is 16.2. The lowest BCUT2D eigenvalue weighted by molar-refractivity contribution is 0.660. The number of anilines is 3. The van der Waals surface area contributed by atoms with Crippen molar-refractivity contribution in [2.45, 2.75) is 19.3 Å². The van der Waals surface area contributed by atoms with Gasteiger partial charge in [-0.15, -0.1) is 0 Å². The van der Waals surface area contributed by atoms with Crippen LogP contribution < -0.4 is 4.90 Å². The van der Waals surface area contributed by atoms with Crippen molar-refractivity contribution in [1.82, 2.24) is 0 Å². The van der Waals surface area contributed by atoms with Gasteiger partial charge in [-0.25, -0.2) is 0 Å². The molecule has 0 unspecified atom stereocenters. The Labute approximate surface area is 343 Å². The minimum absolute atomic E-state index is 0.166. The summed E-state index contributed by atoms with van der Waals surface area (Å²) in [5, 5.41) is 9.59. The molecule has 0 bridgehead atoms. The Hall–Kier alpha value is -7.42. The molecule has 1 aliphatic carbocycles. The lowest BCUT2D eigenvalue weighted by Crippen LogP contribution is -2.17. The van der Waals surface area contributed by atoms with Gasteiger partial charge in [-0.3, -0.25) is 0 Å². The van der Waals surface area contributed by atoms with E-state index in [0.717, 1.165) is 44.6 Å². The van der Waals surface area contributed by atoms with E-state index in [9.17, 15) is 0 Å². The smallest absolute Gasteiger partial charge is 0.136 e. The van der Waals surface area contributed by atoms with Crippen molar-refractivity contribution in [2.75, 3.05) is 4.90 Å². The van der Waals surface area contributed by atoms with Gasteiger partial charge in [-0.1, -0.05) is 166 Å². The maximum atomic E-state index is 6.68. The quantitative estimate of drug-likeness (QED) is 0.163. The Morgan fingerprint density at radius 3 is 1.92 bits per heavy atom. The molecule has 0 atom stereocenters. The van der Waals surface area contributed by atoms with Crippen LogP contribution >= 0.6 is 0 Å². The number of rotatable bonds is 5. The van der Waals surface area contributed by atoms with Gasteiger partial charge in [0, 0.05) is 33.1 Å². The molecule has 0 aliphatic heterocycles. The molecule has 11 aromatic rings. The van der Waals surface area contributed by atoms with Crippen molar-refractivity contribution in [3.63, 3.8) is 0 Å². The van der Waals surface area contributed by atoms with E-state index in [0.29, 0.717) is 0 Å². The molecule has 59 heavy (non-hydrogen) atoms. The Kier molecular flexibility index (Phi) is 7.31. The molecular weight excluding hydrogens is 715 g/mol. The molecule has 1 aliphatic rings. The van der Waals surface area contributed by atoms with Crippen molar-refractivity contribution in [1.29, 1.82) is 0 Å². The number of para-hydroxylation sites is 1. The van der Waals surface area contributed by atoms with E-state index in [1.54, 1.807) is 0 Å². The molecule has 0 spiro atoms. The average Bonchev–Trinajstić information content (AvgIpc) is 3.78. The fraction of sp³-hybridized carbons (Fsp3) is 0.0526. The van der Waals surface area contributed by atoms with Crippen LogP contribution in [0.15, 0.2) is 205 Å². The molecule has 0 N–H and O–H groups in total. The first-order valence-corrected chi connectivity index (χ1v) is 20.5. The number of hydrogen-bond donors (Lipinski definition) is 0. The third kappa shape index (κ3) is 5.06. The highest BCUT2D eigenvalue weighted by atomic mass is 16.3. The number of nitrogens with zero attached hydrogens (tertiary/aromatic N) is 1. The first-order chi connectivity index (χ1) is 29.0. The average molecular weight is 754 g/mol. The zero-order valence-electron chi connectivity index (χ0n) is 32.9. The van der Waals surface area contributed by atoms with E-state index in [1.807, 2.05) is 0 Å². The highest BCUT2D eigenvalue weighted by Crippen LogP contribution is 2.53. The van der Waals surface area contributed by atoms with Crippen LogP contribution in [0.4, 0.5) is 17.1 Å². The fourth-order valence-corrected chi connectivity index (χ4v) is 10.1. The molecule has 0 radical (unpaired) electrons. The fourth-order valence-electron chi connectivity index (χ4n) is 10.1. The summed E-state index contributed by atoms with van der Waals surface area (Å²) in [6.07, 6.45) is 0. The van der Waals surface area contributed by atoms with Gasteiger partial charge in [0.1, 0.15) is 11.2 Å². The summed E-state index contributed by atoms with van der Waals surface area (Å²) in [7, 11) is 0. The molecule has 0 fully saturated rings. The third-order valence-corrected chi connectivity index (χ3v) is 12.8. The zero-order chi connectivity index (χ0) is 39.2. The van der Waals surface area contributed by atoms with E-state index in [4.69, 9.17) is 4.42 Å². The minimum atomic E-state index is -0.166. The van der Waals surface area contributed by atoms with E-state index in [2.05, 4.69) is 219 Å². The molecule has 2 heteroatoms. The maximum absolute atomic E-state index is 6.68. The SMILES string of the molecule is CC1(C)c2ccccc2-c2ccc(N(c3cccc(-c4cccc5ccccc45)c3)c3ccc4oc5ccccc5c4c3-c3cc4ccccc4c4ccccc34)cc21. The largest absolute Gasteiger partial charge is 0.456 e. The molecule has 10 aromatic carbocycles. The van der Waals surface area contributed by atoms with Crippen molar-refractivity contribution >= 4 is 71.3 Å². The molecule has 0 amide bonds. The normalized spacial score (nSPS) is 13.1. The Morgan fingerprint density at radius 1 is 0.390 bits per heavy atom. The second-order valence-corrected chi connectivity index (χ2v) is 16.4. The van der Waals surface area contributed by atoms with E-state index >= 15 is 0 Å². The maximum Gasteiger partial charge on any atom is 0.136 e. The van der Waals surface area contributed by atoms with Crippen LogP contribution in [0.3, 0.4) is 0 Å². The summed E-state index contributed by atoms with van der Waals surface area (Å²) >= 11 is 0. The highest BCUT2D eigenvalue weighted by Gasteiger charge is 2.36. The molecular formula is C57H39NO. The van der Waals surface area contributed by atoms with E-state index in [-0.39, 0.29) is 5.41 Å². The predicted molar refractivity (Wildman–Crippen MR) is 249 cm³/mol. The number of furan rings is 1. The van der Waals surface area contributed by atoms with Crippen molar-refractivity contribution in [2.24, 2.45) is 0 Å². The van der Waals surface area contributed by atoms with Gasteiger partial charge in [0.05, 0.1) is 5.69 Å². The van der Waals surface area contributed by atoms with Crippen LogP contribution in [0, 0.1) is 0 Å². The van der Waals surface area contributed by atoms with Gasteiger partial charge in [0.15, 0.2) is 0 Å². The van der Waals surface area contributed by atoms with Crippen LogP contribution in [0.5, 0.6) is 0 Å². The minimum Gasteiger partial charge on any atom is -0.456 e. The molecule has 1 aromatic heterocycles. The van der Waals surface area contributed by atoms with Crippen molar-refractivity contribution in [3.8, 4) is 33.4 Å². The van der Waals surface area contributed by atoms with Crippen molar-refractivity contribution < 1.29 is 4.42 Å². The second-order valence-electron chi connectivity index (χ2n) is 16.4. The van der Waals surface area contributed by atoms with E-state index < -0.39 is 0 Å². The molecule has 1 heterocycles. The number of hydrogen-bond acceptors (Lipinski definition) is 2. The molecule has 2 nitrogen and oxygen atoms in total. The molecule has 12 rings (SSSR count). The molecule has 0 saturated carbocycles. The summed E-state index contributed by atoms with van der Waals surface area (Å²) in [6.45, 7) is 4.73. The van der Waals surface area contributed by atoms with Gasteiger partial charge in [-0.05, 0) is 120 Å². The Balaban J connectivity index is 1.20. The molecule has 278 valence electrons. The third-order valence-electron chi connectivity index (χ3n) is 12.8. The first kappa shape index (κ1) is 33.7. The Morgan fingerprint density at radius 2 is 1.03 bits per heavy atom. The van der Waals surface area contributed by atoms with Gasteiger partial charge in [0.2, 0.25) is 0 Å². The molecule has 0 saturated heterocycles. The summed E-state index contributed by atoms with van der Waals surface area (Å²) in [5.41, 5.74) is 14.9. The van der Waals surface area contributed by atoms with Gasteiger partial charge in [-0.2, -0.15) is 0 Å². The summed E-state index contributed by atoms with van der Waals surface area (Å²) < 4.78 is 6.68. The number of fused-ring (bicyclic) bond motifs is 10. The van der Waals surface area contributed by atoms with Gasteiger partial charge >= 0.3 is 0 Å². The van der Waals surface area contributed by atoms with Gasteiger partial charge < -0.3 is 9.32 Å². The standard InChI is InChI=1S/C57H39NO/c1-57(2)50-27-11-9-24-46(50)47-30-29-40(35-51(47)57)58(39-19-13-18-37(33-39)42-26-14-17-36-15-3-5-20-41(36)42)52-31-32-54-56(48-25-10-12-28-53(48)59-54)55(52)49-34-38-16-4-6-21-43(38)44-22-7-8-23-45(44)49/h3-35H,1-2H3. The lowest BCUT2D eigenvalue weighted by Gasteiger charge is -2.31. The van der Waals surface area contributed by atoms with E-state index in [1.165, 1.54) is 71.3 Å². The van der Waals surface area contributed by atoms with Gasteiger partial charge in [0.25, 0.3) is 0 Å². The van der Waals surface area contributed by atoms with Crippen molar-refractivity contribution in [3.05, 3.63) is 211 Å². The topological polar surface area (TPSA) is 16.4 Å². The van der Waals surface area contributed by atoms with Crippen LogP contribution in [0.25, 0.3) is 87.6 Å². The summed E-state index contributed by atoms with van der Waals surface area (Å²) in [5.74, 6) is 0. The van der Waals surface area contributed by atoms with Crippen LogP contribution in [0.2, 0.25) is 0 Å². The monoisotopic (exact) mass is 753 g/mol. The number of benzene rings is 10.